The number of imidazole rings is 1. The van der Waals surface area contributed by atoms with E-state index in [4.69, 9.17) is 14.7 Å². The number of nitrogens with zero attached hydrogens (tertiary/aromatic N) is 3. The number of carbonyl (C=O) groups is 1. The standard InChI is InChI=1S/C28H22FN3O2/c1-19(33)34-28-25(17-21-12-14-23(29)15-13-21)31-27-24(16-20-8-4-2-5-9-20)30-26(18-32(27)28)22-10-6-3-7-11-22/h2-15,18H,16-17H2,1H3. The van der Waals surface area contributed by atoms with Gasteiger partial charge in [-0.2, -0.15) is 0 Å². The van der Waals surface area contributed by atoms with Gasteiger partial charge in [-0.1, -0.05) is 72.8 Å². The Morgan fingerprint density at radius 2 is 1.44 bits per heavy atom. The van der Waals surface area contributed by atoms with E-state index in [1.54, 1.807) is 16.5 Å². The molecule has 5 rings (SSSR count). The Morgan fingerprint density at radius 1 is 0.824 bits per heavy atom. The van der Waals surface area contributed by atoms with Gasteiger partial charge < -0.3 is 4.74 Å². The molecule has 0 radical (unpaired) electrons. The second kappa shape index (κ2) is 9.27. The van der Waals surface area contributed by atoms with Crippen molar-refractivity contribution in [1.29, 1.82) is 0 Å². The molecule has 2 aromatic heterocycles. The predicted octanol–water partition coefficient (Wildman–Crippen LogP) is 5.64. The van der Waals surface area contributed by atoms with Crippen LogP contribution in [-0.4, -0.2) is 20.3 Å². The molecule has 0 saturated heterocycles. The van der Waals surface area contributed by atoms with Crippen molar-refractivity contribution in [1.82, 2.24) is 14.4 Å². The predicted molar refractivity (Wildman–Crippen MR) is 128 cm³/mol. The molecule has 6 heteroatoms. The zero-order valence-electron chi connectivity index (χ0n) is 18.6. The number of ether oxygens (including phenoxy) is 1. The second-order valence-corrected chi connectivity index (χ2v) is 8.06. The molecule has 168 valence electrons. The van der Waals surface area contributed by atoms with Crippen LogP contribution in [0.3, 0.4) is 0 Å². The van der Waals surface area contributed by atoms with Gasteiger partial charge in [-0.15, -0.1) is 0 Å². The summed E-state index contributed by atoms with van der Waals surface area (Å²) in [5, 5.41) is 0. The molecule has 0 N–H and O–H groups in total. The summed E-state index contributed by atoms with van der Waals surface area (Å²) in [5.41, 5.74) is 5.63. The molecule has 5 aromatic rings. The fourth-order valence-corrected chi connectivity index (χ4v) is 3.95. The van der Waals surface area contributed by atoms with E-state index in [0.29, 0.717) is 30.1 Å². The van der Waals surface area contributed by atoms with Gasteiger partial charge in [0.25, 0.3) is 0 Å². The molecule has 3 aromatic carbocycles. The van der Waals surface area contributed by atoms with Gasteiger partial charge >= 0.3 is 5.97 Å². The molecule has 2 heterocycles. The lowest BCUT2D eigenvalue weighted by Gasteiger charge is -2.10. The molecule has 0 amide bonds. The van der Waals surface area contributed by atoms with Crippen molar-refractivity contribution < 1.29 is 13.9 Å². The van der Waals surface area contributed by atoms with Crippen LogP contribution in [0.25, 0.3) is 16.9 Å². The van der Waals surface area contributed by atoms with Crippen molar-refractivity contribution in [3.63, 3.8) is 0 Å². The Hall–Kier alpha value is -4.32. The molecule has 34 heavy (non-hydrogen) atoms. The van der Waals surface area contributed by atoms with Crippen molar-refractivity contribution >= 4 is 11.6 Å². The molecule has 0 atom stereocenters. The smallest absolute Gasteiger partial charge is 0.309 e. The van der Waals surface area contributed by atoms with Gasteiger partial charge in [0.05, 0.1) is 11.4 Å². The number of hydrogen-bond acceptors (Lipinski definition) is 4. The third-order valence-electron chi connectivity index (χ3n) is 5.51. The van der Waals surface area contributed by atoms with Crippen LogP contribution in [0.5, 0.6) is 5.88 Å². The molecule has 0 spiro atoms. The van der Waals surface area contributed by atoms with Gasteiger partial charge in [0.2, 0.25) is 5.88 Å². The average Bonchev–Trinajstić information content (AvgIpc) is 3.18. The molecule has 0 aliphatic carbocycles. The molecule has 0 saturated carbocycles. The molecule has 5 nitrogen and oxygen atoms in total. The van der Waals surface area contributed by atoms with Crippen LogP contribution >= 0.6 is 0 Å². The zero-order valence-corrected chi connectivity index (χ0v) is 18.6. The monoisotopic (exact) mass is 451 g/mol. The maximum atomic E-state index is 13.4. The maximum Gasteiger partial charge on any atom is 0.309 e. The number of carbonyl (C=O) groups excluding carboxylic acids is 1. The summed E-state index contributed by atoms with van der Waals surface area (Å²) in [5.74, 6) is -0.397. The highest BCUT2D eigenvalue weighted by Crippen LogP contribution is 2.29. The Labute approximate surface area is 196 Å². The van der Waals surface area contributed by atoms with Crippen LogP contribution in [0.4, 0.5) is 4.39 Å². The fraction of sp³-hybridized carbons (Fsp3) is 0.107. The quantitative estimate of drug-likeness (QED) is 0.314. The summed E-state index contributed by atoms with van der Waals surface area (Å²) in [6, 6.07) is 26.1. The number of esters is 1. The SMILES string of the molecule is CC(=O)Oc1c(Cc2ccc(F)cc2)nc2c(Cc3ccccc3)nc(-c3ccccc3)cn12. The summed E-state index contributed by atoms with van der Waals surface area (Å²) >= 11 is 0. The number of hydrogen-bond donors (Lipinski definition) is 0. The Balaban J connectivity index is 1.70. The number of aromatic nitrogens is 3. The van der Waals surface area contributed by atoms with E-state index in [1.165, 1.54) is 19.1 Å². The van der Waals surface area contributed by atoms with Gasteiger partial charge in [-0.25, -0.2) is 14.4 Å². The van der Waals surface area contributed by atoms with E-state index in [2.05, 4.69) is 0 Å². The molecule has 0 aliphatic rings. The topological polar surface area (TPSA) is 56.5 Å². The second-order valence-electron chi connectivity index (χ2n) is 8.06. The molecular formula is C28H22FN3O2. The highest BCUT2D eigenvalue weighted by Gasteiger charge is 2.21. The van der Waals surface area contributed by atoms with E-state index < -0.39 is 5.97 Å². The van der Waals surface area contributed by atoms with Gasteiger partial charge in [-0.05, 0) is 23.3 Å². The first-order chi connectivity index (χ1) is 16.6. The van der Waals surface area contributed by atoms with E-state index in [0.717, 1.165) is 28.1 Å². The van der Waals surface area contributed by atoms with Crippen LogP contribution in [-0.2, 0) is 17.6 Å². The maximum absolute atomic E-state index is 13.4. The Kier molecular flexibility index (Phi) is 5.87. The molecular weight excluding hydrogens is 429 g/mol. The first kappa shape index (κ1) is 21.5. The zero-order chi connectivity index (χ0) is 23.5. The van der Waals surface area contributed by atoms with E-state index >= 15 is 0 Å². The highest BCUT2D eigenvalue weighted by molar-refractivity contribution is 5.71. The summed E-state index contributed by atoms with van der Waals surface area (Å²) in [7, 11) is 0. The number of rotatable bonds is 6. The third kappa shape index (κ3) is 4.57. The summed E-state index contributed by atoms with van der Waals surface area (Å²) in [6.45, 7) is 1.37. The van der Waals surface area contributed by atoms with Crippen LogP contribution in [0, 0.1) is 5.82 Å². The minimum Gasteiger partial charge on any atom is -0.407 e. The van der Waals surface area contributed by atoms with E-state index in [-0.39, 0.29) is 5.82 Å². The van der Waals surface area contributed by atoms with Crippen LogP contribution in [0.15, 0.2) is 91.1 Å². The van der Waals surface area contributed by atoms with Gasteiger partial charge in [0.1, 0.15) is 11.5 Å². The van der Waals surface area contributed by atoms with Crippen LogP contribution < -0.4 is 4.74 Å². The number of fused-ring (bicyclic) bond motifs is 1. The normalized spacial score (nSPS) is 11.0. The average molecular weight is 452 g/mol. The lowest BCUT2D eigenvalue weighted by atomic mass is 10.1. The Morgan fingerprint density at radius 3 is 2.12 bits per heavy atom. The molecule has 0 unspecified atom stereocenters. The van der Waals surface area contributed by atoms with Crippen LogP contribution in [0.2, 0.25) is 0 Å². The molecule has 0 bridgehead atoms. The lowest BCUT2D eigenvalue weighted by molar-refractivity contribution is -0.132. The van der Waals surface area contributed by atoms with Crippen molar-refractivity contribution in [3.05, 3.63) is 119 Å². The van der Waals surface area contributed by atoms with Crippen molar-refractivity contribution in [2.45, 2.75) is 19.8 Å². The summed E-state index contributed by atoms with van der Waals surface area (Å²) in [6.07, 6.45) is 2.80. The van der Waals surface area contributed by atoms with E-state index in [1.807, 2.05) is 66.9 Å². The molecule has 0 fully saturated rings. The largest absolute Gasteiger partial charge is 0.407 e. The molecule has 0 aliphatic heterocycles. The first-order valence-corrected chi connectivity index (χ1v) is 11.0. The third-order valence-corrected chi connectivity index (χ3v) is 5.51. The van der Waals surface area contributed by atoms with Gasteiger partial charge in [0, 0.05) is 31.5 Å². The fourth-order valence-electron chi connectivity index (χ4n) is 3.95. The number of halogens is 1. The highest BCUT2D eigenvalue weighted by atomic mass is 19.1. The first-order valence-electron chi connectivity index (χ1n) is 11.0. The van der Waals surface area contributed by atoms with Crippen molar-refractivity contribution in [3.8, 4) is 17.1 Å². The minimum atomic E-state index is -0.440. The number of benzene rings is 3. The van der Waals surface area contributed by atoms with Gasteiger partial charge in [0.15, 0.2) is 5.65 Å². The van der Waals surface area contributed by atoms with Gasteiger partial charge in [-0.3, -0.25) is 9.20 Å². The lowest BCUT2D eigenvalue weighted by Crippen LogP contribution is -2.07. The Bertz CT molecular complexity index is 1450. The summed E-state index contributed by atoms with van der Waals surface area (Å²) < 4.78 is 20.9. The van der Waals surface area contributed by atoms with Crippen molar-refractivity contribution in [2.75, 3.05) is 0 Å². The summed E-state index contributed by atoms with van der Waals surface area (Å²) in [4.78, 5) is 21.8. The van der Waals surface area contributed by atoms with E-state index in [9.17, 15) is 9.18 Å². The van der Waals surface area contributed by atoms with Crippen LogP contribution in [0.1, 0.15) is 29.4 Å². The minimum absolute atomic E-state index is 0.305. The van der Waals surface area contributed by atoms with Crippen molar-refractivity contribution in [2.24, 2.45) is 0 Å².